The number of rotatable bonds is 5. The lowest BCUT2D eigenvalue weighted by atomic mass is 10.1. The van der Waals surface area contributed by atoms with Crippen LogP contribution in [0.3, 0.4) is 0 Å². The van der Waals surface area contributed by atoms with Gasteiger partial charge in [0.2, 0.25) is 10.0 Å². The van der Waals surface area contributed by atoms with E-state index >= 15 is 0 Å². The Labute approximate surface area is 145 Å². The van der Waals surface area contributed by atoms with Gasteiger partial charge in [-0.05, 0) is 49.1 Å². The number of aryl methyl sites for hydroxylation is 1. The van der Waals surface area contributed by atoms with Gasteiger partial charge < -0.3 is 4.74 Å². The number of hydrogen-bond donors (Lipinski definition) is 1. The van der Waals surface area contributed by atoms with E-state index < -0.39 is 10.0 Å². The molecule has 122 valence electrons. The Morgan fingerprint density at radius 3 is 2.83 bits per heavy atom. The quantitative estimate of drug-likeness (QED) is 0.836. The molecular weight excluding hydrogens is 378 g/mol. The highest BCUT2D eigenvalue weighted by Crippen LogP contribution is 2.34. The molecule has 6 heteroatoms. The summed E-state index contributed by atoms with van der Waals surface area (Å²) in [5, 5.41) is 0. The number of fused-ring (bicyclic) bond motifs is 1. The van der Waals surface area contributed by atoms with Crippen molar-refractivity contribution in [3.8, 4) is 5.75 Å². The summed E-state index contributed by atoms with van der Waals surface area (Å²) in [7, 11) is -3.67. The van der Waals surface area contributed by atoms with E-state index in [4.69, 9.17) is 4.74 Å². The Hall–Kier alpha value is -1.37. The highest BCUT2D eigenvalue weighted by Gasteiger charge is 2.29. The summed E-state index contributed by atoms with van der Waals surface area (Å²) in [6.07, 6.45) is 1.66. The van der Waals surface area contributed by atoms with Gasteiger partial charge in [-0.1, -0.05) is 40.2 Å². The molecule has 1 aliphatic rings. The van der Waals surface area contributed by atoms with Crippen LogP contribution in [0.5, 0.6) is 5.75 Å². The van der Waals surface area contributed by atoms with Gasteiger partial charge in [0.25, 0.3) is 0 Å². The number of hydrogen-bond acceptors (Lipinski definition) is 3. The van der Waals surface area contributed by atoms with Crippen LogP contribution in [0.15, 0.2) is 51.8 Å². The first-order valence-electron chi connectivity index (χ1n) is 7.54. The molecule has 0 aliphatic heterocycles. The average molecular weight is 396 g/mol. The molecule has 1 atom stereocenters. The molecule has 4 nitrogen and oxygen atoms in total. The molecule has 2 aromatic rings. The zero-order valence-electron chi connectivity index (χ0n) is 12.8. The van der Waals surface area contributed by atoms with Crippen molar-refractivity contribution in [1.29, 1.82) is 0 Å². The Balaban J connectivity index is 1.93. The number of ether oxygens (including phenoxy) is 1. The largest absolute Gasteiger partial charge is 0.492 e. The molecule has 2 aromatic carbocycles. The second-order valence-corrected chi connectivity index (χ2v) is 8.03. The van der Waals surface area contributed by atoms with Crippen LogP contribution in [-0.2, 0) is 16.4 Å². The van der Waals surface area contributed by atoms with E-state index in [-0.39, 0.29) is 10.9 Å². The van der Waals surface area contributed by atoms with E-state index in [1.807, 2.05) is 31.2 Å². The van der Waals surface area contributed by atoms with Crippen LogP contribution in [0.4, 0.5) is 0 Å². The van der Waals surface area contributed by atoms with Gasteiger partial charge in [-0.25, -0.2) is 13.1 Å². The molecular formula is C17H18BrNO3S. The minimum atomic E-state index is -3.67. The maximum absolute atomic E-state index is 12.8. The monoisotopic (exact) mass is 395 g/mol. The lowest BCUT2D eigenvalue weighted by molar-refractivity contribution is 0.330. The summed E-state index contributed by atoms with van der Waals surface area (Å²) < 4.78 is 34.7. The second kappa shape index (κ2) is 6.63. The Bertz CT molecular complexity index is 820. The fourth-order valence-corrected chi connectivity index (χ4v) is 4.83. The van der Waals surface area contributed by atoms with E-state index in [9.17, 15) is 8.42 Å². The smallest absolute Gasteiger partial charge is 0.244 e. The standard InChI is InChI=1S/C17H18BrNO3S/c1-2-22-16-10-8-13(18)11-17(16)23(20,21)19-15-9-7-12-5-3-4-6-14(12)15/h3-6,8,10-11,15,19H,2,7,9H2,1H3. The maximum atomic E-state index is 12.8. The van der Waals surface area contributed by atoms with E-state index in [2.05, 4.69) is 20.7 Å². The zero-order valence-corrected chi connectivity index (χ0v) is 15.2. The van der Waals surface area contributed by atoms with E-state index in [1.165, 1.54) is 5.56 Å². The molecule has 0 amide bonds. The molecule has 1 aliphatic carbocycles. The first kappa shape index (κ1) is 16.5. The molecule has 0 fully saturated rings. The molecule has 0 saturated carbocycles. The maximum Gasteiger partial charge on any atom is 0.244 e. The highest BCUT2D eigenvalue weighted by molar-refractivity contribution is 9.10. The topological polar surface area (TPSA) is 55.4 Å². The lowest BCUT2D eigenvalue weighted by Crippen LogP contribution is -2.27. The highest BCUT2D eigenvalue weighted by atomic mass is 79.9. The first-order valence-corrected chi connectivity index (χ1v) is 9.81. The normalized spacial score (nSPS) is 17.0. The summed E-state index contributed by atoms with van der Waals surface area (Å²) in [6, 6.07) is 12.8. The van der Waals surface area contributed by atoms with Crippen LogP contribution in [0.1, 0.15) is 30.5 Å². The molecule has 3 rings (SSSR count). The fraction of sp³-hybridized carbons (Fsp3) is 0.294. The van der Waals surface area contributed by atoms with Crippen molar-refractivity contribution in [3.05, 3.63) is 58.1 Å². The van der Waals surface area contributed by atoms with Gasteiger partial charge in [-0.3, -0.25) is 0 Å². The van der Waals surface area contributed by atoms with E-state index in [0.717, 1.165) is 18.4 Å². The summed E-state index contributed by atoms with van der Waals surface area (Å²) >= 11 is 3.33. The van der Waals surface area contributed by atoms with Crippen molar-refractivity contribution in [3.63, 3.8) is 0 Å². The van der Waals surface area contributed by atoms with Gasteiger partial charge in [0, 0.05) is 10.5 Å². The Morgan fingerprint density at radius 1 is 1.26 bits per heavy atom. The van der Waals surface area contributed by atoms with Crippen molar-refractivity contribution >= 4 is 26.0 Å². The van der Waals surface area contributed by atoms with Gasteiger partial charge in [0.1, 0.15) is 10.6 Å². The molecule has 1 unspecified atom stereocenters. The molecule has 0 spiro atoms. The zero-order chi connectivity index (χ0) is 16.4. The number of benzene rings is 2. The molecule has 0 bridgehead atoms. The minimum absolute atomic E-state index is 0.165. The van der Waals surface area contributed by atoms with Crippen molar-refractivity contribution in [1.82, 2.24) is 4.72 Å². The van der Waals surface area contributed by atoms with E-state index in [1.54, 1.807) is 18.2 Å². The first-order chi connectivity index (χ1) is 11.0. The molecule has 0 aromatic heterocycles. The minimum Gasteiger partial charge on any atom is -0.492 e. The van der Waals surface area contributed by atoms with Gasteiger partial charge in [-0.2, -0.15) is 0 Å². The van der Waals surface area contributed by atoms with Gasteiger partial charge >= 0.3 is 0 Å². The predicted molar refractivity (Wildman–Crippen MR) is 93.1 cm³/mol. The van der Waals surface area contributed by atoms with Crippen LogP contribution in [0.2, 0.25) is 0 Å². The average Bonchev–Trinajstić information content (AvgIpc) is 2.92. The van der Waals surface area contributed by atoms with Crippen LogP contribution in [0, 0.1) is 0 Å². The third-order valence-corrected chi connectivity index (χ3v) is 5.91. The number of nitrogens with one attached hydrogen (secondary N) is 1. The van der Waals surface area contributed by atoms with Crippen LogP contribution < -0.4 is 9.46 Å². The van der Waals surface area contributed by atoms with Gasteiger partial charge in [0.15, 0.2) is 0 Å². The Morgan fingerprint density at radius 2 is 2.04 bits per heavy atom. The van der Waals surface area contributed by atoms with Crippen LogP contribution in [-0.4, -0.2) is 15.0 Å². The van der Waals surface area contributed by atoms with Crippen LogP contribution >= 0.6 is 15.9 Å². The third-order valence-electron chi connectivity index (χ3n) is 3.93. The molecule has 0 heterocycles. The van der Waals surface area contributed by atoms with Crippen molar-refractivity contribution in [2.45, 2.75) is 30.7 Å². The van der Waals surface area contributed by atoms with Crippen molar-refractivity contribution in [2.75, 3.05) is 6.61 Å². The SMILES string of the molecule is CCOc1ccc(Br)cc1S(=O)(=O)NC1CCc2ccccc21. The molecule has 23 heavy (non-hydrogen) atoms. The summed E-state index contributed by atoms with van der Waals surface area (Å²) in [5.74, 6) is 0.370. The lowest BCUT2D eigenvalue weighted by Gasteiger charge is -2.17. The number of halogens is 1. The molecule has 1 N–H and O–H groups in total. The van der Waals surface area contributed by atoms with E-state index in [0.29, 0.717) is 16.8 Å². The predicted octanol–water partition coefficient (Wildman–Crippen LogP) is 3.81. The fourth-order valence-electron chi connectivity index (χ4n) is 2.90. The molecule has 0 saturated heterocycles. The van der Waals surface area contributed by atoms with Gasteiger partial charge in [-0.15, -0.1) is 0 Å². The van der Waals surface area contributed by atoms with Crippen molar-refractivity contribution in [2.24, 2.45) is 0 Å². The van der Waals surface area contributed by atoms with Crippen LogP contribution in [0.25, 0.3) is 0 Å². The number of sulfonamides is 1. The van der Waals surface area contributed by atoms with Gasteiger partial charge in [0.05, 0.1) is 6.61 Å². The summed E-state index contributed by atoms with van der Waals surface area (Å²) in [6.45, 7) is 2.25. The van der Waals surface area contributed by atoms with Crippen molar-refractivity contribution < 1.29 is 13.2 Å². The Kier molecular flexibility index (Phi) is 4.75. The summed E-state index contributed by atoms with van der Waals surface area (Å²) in [4.78, 5) is 0.165. The third kappa shape index (κ3) is 3.44. The molecule has 0 radical (unpaired) electrons. The summed E-state index contributed by atoms with van der Waals surface area (Å²) in [5.41, 5.74) is 2.27. The second-order valence-electron chi connectivity index (χ2n) is 5.44.